The smallest absolute Gasteiger partial charge is 0.138 e. The lowest BCUT2D eigenvalue weighted by Crippen LogP contribution is -2.42. The Bertz CT molecular complexity index is 99.1. The van der Waals surface area contributed by atoms with Gasteiger partial charge in [-0.15, -0.1) is 0 Å². The van der Waals surface area contributed by atoms with Crippen LogP contribution in [0.25, 0.3) is 0 Å². The van der Waals surface area contributed by atoms with Gasteiger partial charge in [-0.3, -0.25) is 0 Å². The van der Waals surface area contributed by atoms with Crippen LogP contribution in [0.15, 0.2) is 0 Å². The predicted molar refractivity (Wildman–Crippen MR) is 33.0 cm³/mol. The van der Waals surface area contributed by atoms with E-state index in [0.717, 1.165) is 6.54 Å². The molecule has 0 aliphatic carbocycles. The zero-order valence-electron chi connectivity index (χ0n) is 5.55. The second-order valence-electron chi connectivity index (χ2n) is 2.63. The van der Waals surface area contributed by atoms with E-state index in [1.807, 2.05) is 11.9 Å². The quantitative estimate of drug-likeness (QED) is 0.503. The standard InChI is InChI=1S/C6H12FNO/c1-8-3-2-6(9)5(7)4-8/h5-6,9H,2-4H2,1H3/t5-,6+/m0/s1. The van der Waals surface area contributed by atoms with Crippen LogP contribution >= 0.6 is 0 Å². The maximum atomic E-state index is 12.5. The molecular weight excluding hydrogens is 121 g/mol. The Morgan fingerprint density at radius 2 is 2.33 bits per heavy atom. The minimum Gasteiger partial charge on any atom is -0.390 e. The first kappa shape index (κ1) is 6.96. The molecule has 2 atom stereocenters. The molecule has 1 N–H and O–H groups in total. The fourth-order valence-corrected chi connectivity index (χ4v) is 1.04. The summed E-state index contributed by atoms with van der Waals surface area (Å²) in [7, 11) is 1.86. The van der Waals surface area contributed by atoms with Crippen molar-refractivity contribution >= 4 is 0 Å². The minimum atomic E-state index is -1.04. The Balaban J connectivity index is 2.35. The van der Waals surface area contributed by atoms with Crippen molar-refractivity contribution in [3.05, 3.63) is 0 Å². The highest BCUT2D eigenvalue weighted by molar-refractivity contribution is 4.77. The first-order valence-corrected chi connectivity index (χ1v) is 3.21. The average molecular weight is 133 g/mol. The highest BCUT2D eigenvalue weighted by atomic mass is 19.1. The molecule has 0 spiro atoms. The molecule has 3 heteroatoms. The first-order valence-electron chi connectivity index (χ1n) is 3.21. The van der Waals surface area contributed by atoms with Crippen LogP contribution < -0.4 is 0 Å². The molecule has 0 aromatic rings. The highest BCUT2D eigenvalue weighted by Gasteiger charge is 2.24. The molecule has 0 saturated carbocycles. The van der Waals surface area contributed by atoms with Crippen molar-refractivity contribution in [2.24, 2.45) is 0 Å². The van der Waals surface area contributed by atoms with Crippen molar-refractivity contribution < 1.29 is 9.50 Å². The van der Waals surface area contributed by atoms with Crippen LogP contribution in [0.1, 0.15) is 6.42 Å². The molecule has 1 aliphatic rings. The predicted octanol–water partition coefficient (Wildman–Crippen LogP) is 0.0209. The summed E-state index contributed by atoms with van der Waals surface area (Å²) in [6.07, 6.45) is -1.19. The maximum absolute atomic E-state index is 12.5. The summed E-state index contributed by atoms with van der Waals surface area (Å²) in [6.45, 7) is 1.18. The number of nitrogens with zero attached hydrogens (tertiary/aromatic N) is 1. The van der Waals surface area contributed by atoms with Gasteiger partial charge in [-0.2, -0.15) is 0 Å². The number of aliphatic hydroxyl groups excluding tert-OH is 1. The average Bonchev–Trinajstić information content (AvgIpc) is 1.80. The van der Waals surface area contributed by atoms with E-state index in [1.54, 1.807) is 0 Å². The number of piperidine rings is 1. The number of aliphatic hydroxyl groups is 1. The van der Waals surface area contributed by atoms with Gasteiger partial charge in [0.15, 0.2) is 0 Å². The SMILES string of the molecule is CN1CC[C@@H](O)[C@@H](F)C1. The fourth-order valence-electron chi connectivity index (χ4n) is 1.04. The second-order valence-corrected chi connectivity index (χ2v) is 2.63. The number of halogens is 1. The van der Waals surface area contributed by atoms with E-state index in [4.69, 9.17) is 5.11 Å². The molecule has 54 valence electrons. The summed E-state index contributed by atoms with van der Waals surface area (Å²) < 4.78 is 12.5. The van der Waals surface area contributed by atoms with Gasteiger partial charge in [0, 0.05) is 13.1 Å². The molecule has 0 radical (unpaired) electrons. The highest BCUT2D eigenvalue weighted by Crippen LogP contribution is 2.11. The van der Waals surface area contributed by atoms with Crippen LogP contribution in [0.2, 0.25) is 0 Å². The Morgan fingerprint density at radius 3 is 2.78 bits per heavy atom. The van der Waals surface area contributed by atoms with Crippen LogP contribution in [0.4, 0.5) is 4.39 Å². The normalized spacial score (nSPS) is 39.0. The van der Waals surface area contributed by atoms with Crippen molar-refractivity contribution in [2.45, 2.75) is 18.7 Å². The van der Waals surface area contributed by atoms with Gasteiger partial charge in [-0.25, -0.2) is 4.39 Å². The van der Waals surface area contributed by atoms with Gasteiger partial charge < -0.3 is 10.0 Å². The monoisotopic (exact) mass is 133 g/mol. The van der Waals surface area contributed by atoms with Crippen molar-refractivity contribution in [3.63, 3.8) is 0 Å². The third-order valence-electron chi connectivity index (χ3n) is 1.71. The molecule has 0 amide bonds. The number of likely N-dealkylation sites (tertiary alicyclic amines) is 1. The van der Waals surface area contributed by atoms with E-state index in [1.165, 1.54) is 0 Å². The van der Waals surface area contributed by atoms with Crippen LogP contribution in [-0.4, -0.2) is 42.4 Å². The van der Waals surface area contributed by atoms with Crippen LogP contribution in [0.5, 0.6) is 0 Å². The summed E-state index contributed by atoms with van der Waals surface area (Å²) in [6, 6.07) is 0. The van der Waals surface area contributed by atoms with Crippen molar-refractivity contribution in [1.82, 2.24) is 4.90 Å². The second kappa shape index (κ2) is 2.62. The Labute approximate surface area is 54.3 Å². The molecule has 2 nitrogen and oxygen atoms in total. The van der Waals surface area contributed by atoms with Crippen molar-refractivity contribution in [3.8, 4) is 0 Å². The molecule has 0 aromatic heterocycles. The lowest BCUT2D eigenvalue weighted by atomic mass is 10.1. The molecule has 0 bridgehead atoms. The van der Waals surface area contributed by atoms with Crippen LogP contribution in [0, 0.1) is 0 Å². The largest absolute Gasteiger partial charge is 0.390 e. The fraction of sp³-hybridized carbons (Fsp3) is 1.00. The van der Waals surface area contributed by atoms with Gasteiger partial charge in [0.1, 0.15) is 6.17 Å². The molecule has 1 rings (SSSR count). The molecule has 1 saturated heterocycles. The van der Waals surface area contributed by atoms with E-state index in [0.29, 0.717) is 13.0 Å². The van der Waals surface area contributed by atoms with Crippen molar-refractivity contribution in [1.29, 1.82) is 0 Å². The zero-order chi connectivity index (χ0) is 6.85. The summed E-state index contributed by atoms with van der Waals surface area (Å²) in [5.74, 6) is 0. The van der Waals surface area contributed by atoms with Gasteiger partial charge in [0.05, 0.1) is 6.10 Å². The Kier molecular flexibility index (Phi) is 2.03. The van der Waals surface area contributed by atoms with E-state index in [2.05, 4.69) is 0 Å². The minimum absolute atomic E-state index is 0.376. The van der Waals surface area contributed by atoms with Gasteiger partial charge in [0.2, 0.25) is 0 Å². The summed E-state index contributed by atoms with van der Waals surface area (Å²) in [5.41, 5.74) is 0. The molecule has 1 heterocycles. The number of rotatable bonds is 0. The summed E-state index contributed by atoms with van der Waals surface area (Å²) >= 11 is 0. The van der Waals surface area contributed by atoms with E-state index >= 15 is 0 Å². The molecular formula is C6H12FNO. The van der Waals surface area contributed by atoms with Crippen LogP contribution in [0.3, 0.4) is 0 Å². The molecule has 9 heavy (non-hydrogen) atoms. The van der Waals surface area contributed by atoms with E-state index in [9.17, 15) is 4.39 Å². The van der Waals surface area contributed by atoms with E-state index < -0.39 is 12.3 Å². The topological polar surface area (TPSA) is 23.5 Å². The maximum Gasteiger partial charge on any atom is 0.138 e. The molecule has 0 unspecified atom stereocenters. The number of hydrogen-bond donors (Lipinski definition) is 1. The Hall–Kier alpha value is -0.150. The third-order valence-corrected chi connectivity index (χ3v) is 1.71. The lowest BCUT2D eigenvalue weighted by molar-refractivity contribution is 0.0149. The van der Waals surface area contributed by atoms with E-state index in [-0.39, 0.29) is 0 Å². The molecule has 1 fully saturated rings. The van der Waals surface area contributed by atoms with Gasteiger partial charge in [-0.1, -0.05) is 0 Å². The number of hydrogen-bond acceptors (Lipinski definition) is 2. The summed E-state index contributed by atoms with van der Waals surface area (Å²) in [4.78, 5) is 1.89. The van der Waals surface area contributed by atoms with Gasteiger partial charge in [0.25, 0.3) is 0 Å². The van der Waals surface area contributed by atoms with Gasteiger partial charge >= 0.3 is 0 Å². The Morgan fingerprint density at radius 1 is 1.67 bits per heavy atom. The first-order chi connectivity index (χ1) is 4.20. The van der Waals surface area contributed by atoms with Crippen LogP contribution in [-0.2, 0) is 0 Å². The van der Waals surface area contributed by atoms with Gasteiger partial charge in [-0.05, 0) is 13.5 Å². The lowest BCUT2D eigenvalue weighted by Gasteiger charge is -2.28. The molecule has 0 aromatic carbocycles. The van der Waals surface area contributed by atoms with Crippen molar-refractivity contribution in [2.75, 3.05) is 20.1 Å². The number of alkyl halides is 1. The summed E-state index contributed by atoms with van der Waals surface area (Å²) in [5, 5.41) is 8.89. The molecule has 1 aliphatic heterocycles. The third kappa shape index (κ3) is 1.63. The zero-order valence-corrected chi connectivity index (χ0v) is 5.55.